The molecule has 0 aliphatic heterocycles. The van der Waals surface area contributed by atoms with Crippen molar-refractivity contribution in [2.45, 2.75) is 0 Å². The van der Waals surface area contributed by atoms with E-state index < -0.39 is 0 Å². The van der Waals surface area contributed by atoms with Crippen molar-refractivity contribution in [2.75, 3.05) is 0 Å². The third-order valence-corrected chi connectivity index (χ3v) is 3.84. The largest absolute Gasteiger partial charge is 0.298 e. The van der Waals surface area contributed by atoms with E-state index in [1.54, 1.807) is 22.2 Å². The summed E-state index contributed by atoms with van der Waals surface area (Å²) in [6.07, 6.45) is 0.780. The summed E-state index contributed by atoms with van der Waals surface area (Å²) in [5, 5.41) is 0.707. The van der Waals surface area contributed by atoms with Gasteiger partial charge in [0.2, 0.25) is 0 Å². The summed E-state index contributed by atoms with van der Waals surface area (Å²) in [7, 11) is 0. The number of carbonyl (C=O) groups is 1. The summed E-state index contributed by atoms with van der Waals surface area (Å²) in [6.45, 7) is 0. The maximum atomic E-state index is 12.2. The lowest BCUT2D eigenvalue weighted by Crippen LogP contribution is -2.10. The third-order valence-electron chi connectivity index (χ3n) is 2.73. The molecule has 0 fully saturated rings. The molecule has 4 heteroatoms. The van der Waals surface area contributed by atoms with E-state index in [0.29, 0.717) is 10.9 Å². The zero-order valence-corrected chi connectivity index (χ0v) is 10.2. The van der Waals surface area contributed by atoms with E-state index in [1.165, 1.54) is 11.5 Å². The van der Waals surface area contributed by atoms with Crippen LogP contribution in [0, 0.1) is 0 Å². The van der Waals surface area contributed by atoms with E-state index in [9.17, 15) is 9.59 Å². The average Bonchev–Trinajstić information content (AvgIpc) is 2.77. The lowest BCUT2D eigenvalue weighted by atomic mass is 10.2. The third kappa shape index (κ3) is 1.67. The first-order chi connectivity index (χ1) is 8.79. The van der Waals surface area contributed by atoms with Gasteiger partial charge >= 0.3 is 0 Å². The SMILES string of the molecule is O=Cc1cccc(-n2sc3ccccc3c2=O)c1. The first-order valence-electron chi connectivity index (χ1n) is 5.46. The first kappa shape index (κ1) is 10.9. The first-order valence-corrected chi connectivity index (χ1v) is 6.23. The van der Waals surface area contributed by atoms with Crippen LogP contribution in [0.15, 0.2) is 53.3 Å². The molecule has 3 nitrogen and oxygen atoms in total. The highest BCUT2D eigenvalue weighted by Crippen LogP contribution is 2.20. The topological polar surface area (TPSA) is 39.1 Å². The predicted octanol–water partition coefficient (Wildman–Crippen LogP) is 2.86. The van der Waals surface area contributed by atoms with Gasteiger partial charge in [-0.3, -0.25) is 9.59 Å². The van der Waals surface area contributed by atoms with Gasteiger partial charge in [-0.15, -0.1) is 0 Å². The number of aldehydes is 1. The fraction of sp³-hybridized carbons (Fsp3) is 0. The van der Waals surface area contributed by atoms with Crippen LogP contribution < -0.4 is 5.56 Å². The van der Waals surface area contributed by atoms with Gasteiger partial charge in [-0.25, -0.2) is 3.96 Å². The summed E-state index contributed by atoms with van der Waals surface area (Å²) in [5.41, 5.74) is 1.25. The van der Waals surface area contributed by atoms with E-state index in [-0.39, 0.29) is 5.56 Å². The monoisotopic (exact) mass is 255 g/mol. The van der Waals surface area contributed by atoms with Gasteiger partial charge in [0.25, 0.3) is 5.56 Å². The number of fused-ring (bicyclic) bond motifs is 1. The summed E-state index contributed by atoms with van der Waals surface area (Å²) in [5.74, 6) is 0. The molecule has 0 atom stereocenters. The van der Waals surface area contributed by atoms with Crippen LogP contribution in [-0.4, -0.2) is 10.2 Å². The molecule has 0 bridgehead atoms. The van der Waals surface area contributed by atoms with Crippen LogP contribution in [0.5, 0.6) is 0 Å². The maximum absolute atomic E-state index is 12.2. The quantitative estimate of drug-likeness (QED) is 0.660. The molecule has 0 aliphatic carbocycles. The molecule has 1 aromatic heterocycles. The Balaban J connectivity index is 2.28. The average molecular weight is 255 g/mol. The Labute approximate surface area is 107 Å². The van der Waals surface area contributed by atoms with Crippen molar-refractivity contribution in [1.29, 1.82) is 0 Å². The second-order valence-corrected chi connectivity index (χ2v) is 4.89. The highest BCUT2D eigenvalue weighted by atomic mass is 32.1. The molecule has 3 aromatic rings. The number of hydrogen-bond donors (Lipinski definition) is 0. The normalized spacial score (nSPS) is 10.7. The number of carbonyl (C=O) groups excluding carboxylic acids is 1. The lowest BCUT2D eigenvalue weighted by molar-refractivity contribution is 0.112. The Morgan fingerprint density at radius 2 is 1.89 bits per heavy atom. The number of rotatable bonds is 2. The van der Waals surface area contributed by atoms with Gasteiger partial charge < -0.3 is 0 Å². The zero-order chi connectivity index (χ0) is 12.5. The van der Waals surface area contributed by atoms with Crippen LogP contribution in [0.4, 0.5) is 0 Å². The van der Waals surface area contributed by atoms with Crippen LogP contribution >= 0.6 is 11.5 Å². The molecule has 0 amide bonds. The highest BCUT2D eigenvalue weighted by molar-refractivity contribution is 7.14. The van der Waals surface area contributed by atoms with E-state index in [2.05, 4.69) is 0 Å². The Morgan fingerprint density at radius 3 is 2.67 bits per heavy atom. The minimum absolute atomic E-state index is 0.0429. The van der Waals surface area contributed by atoms with Crippen LogP contribution in [0.1, 0.15) is 10.4 Å². The molecular weight excluding hydrogens is 246 g/mol. The summed E-state index contributed by atoms with van der Waals surface area (Å²) in [4.78, 5) is 23.0. The van der Waals surface area contributed by atoms with Crippen LogP contribution in [0.25, 0.3) is 15.8 Å². The van der Waals surface area contributed by atoms with E-state index >= 15 is 0 Å². The van der Waals surface area contributed by atoms with E-state index in [0.717, 1.165) is 16.7 Å². The number of benzene rings is 2. The van der Waals surface area contributed by atoms with Gasteiger partial charge in [0.05, 0.1) is 15.8 Å². The Bertz CT molecular complexity index is 786. The van der Waals surface area contributed by atoms with Crippen LogP contribution in [0.3, 0.4) is 0 Å². The van der Waals surface area contributed by atoms with Gasteiger partial charge in [0, 0.05) is 5.56 Å². The number of hydrogen-bond acceptors (Lipinski definition) is 3. The summed E-state index contributed by atoms with van der Waals surface area (Å²) < 4.78 is 2.55. The van der Waals surface area contributed by atoms with Crippen molar-refractivity contribution < 1.29 is 4.79 Å². The summed E-state index contributed by atoms with van der Waals surface area (Å²) in [6, 6.07) is 14.5. The van der Waals surface area contributed by atoms with Gasteiger partial charge in [0.1, 0.15) is 6.29 Å². The van der Waals surface area contributed by atoms with Crippen molar-refractivity contribution >= 4 is 27.9 Å². The molecule has 0 aliphatic rings. The predicted molar refractivity (Wildman–Crippen MR) is 72.8 cm³/mol. The standard InChI is InChI=1S/C14H9NO2S/c16-9-10-4-3-5-11(8-10)15-14(17)12-6-1-2-7-13(12)18-15/h1-9H. The van der Waals surface area contributed by atoms with Crippen molar-refractivity contribution in [3.63, 3.8) is 0 Å². The van der Waals surface area contributed by atoms with Crippen LogP contribution in [0.2, 0.25) is 0 Å². The molecular formula is C14H9NO2S. The molecule has 2 aromatic carbocycles. The smallest absolute Gasteiger partial charge is 0.273 e. The minimum Gasteiger partial charge on any atom is -0.298 e. The fourth-order valence-corrected chi connectivity index (χ4v) is 2.86. The van der Waals surface area contributed by atoms with Gasteiger partial charge in [0.15, 0.2) is 0 Å². The lowest BCUT2D eigenvalue weighted by Gasteiger charge is -2.00. The number of nitrogens with zero attached hydrogens (tertiary/aromatic N) is 1. The second kappa shape index (κ2) is 4.23. The number of aromatic nitrogens is 1. The summed E-state index contributed by atoms with van der Waals surface area (Å²) >= 11 is 1.38. The van der Waals surface area contributed by atoms with E-state index in [1.807, 2.05) is 30.3 Å². The Kier molecular flexibility index (Phi) is 2.57. The molecule has 3 rings (SSSR count). The fourth-order valence-electron chi connectivity index (χ4n) is 1.87. The Hall–Kier alpha value is -2.20. The maximum Gasteiger partial charge on any atom is 0.273 e. The van der Waals surface area contributed by atoms with Gasteiger partial charge in [-0.1, -0.05) is 35.8 Å². The molecule has 0 spiro atoms. The van der Waals surface area contributed by atoms with Crippen molar-refractivity contribution in [1.82, 2.24) is 3.96 Å². The van der Waals surface area contributed by atoms with Crippen molar-refractivity contribution in [3.05, 3.63) is 64.4 Å². The minimum atomic E-state index is -0.0429. The molecule has 0 radical (unpaired) electrons. The zero-order valence-electron chi connectivity index (χ0n) is 9.37. The van der Waals surface area contributed by atoms with Crippen molar-refractivity contribution in [3.8, 4) is 5.69 Å². The molecule has 88 valence electrons. The molecule has 18 heavy (non-hydrogen) atoms. The molecule has 0 N–H and O–H groups in total. The molecule has 0 saturated heterocycles. The molecule has 0 saturated carbocycles. The van der Waals surface area contributed by atoms with Crippen LogP contribution in [-0.2, 0) is 0 Å². The van der Waals surface area contributed by atoms with Gasteiger partial charge in [-0.05, 0) is 24.3 Å². The highest BCUT2D eigenvalue weighted by Gasteiger charge is 2.08. The molecule has 1 heterocycles. The van der Waals surface area contributed by atoms with Crippen molar-refractivity contribution in [2.24, 2.45) is 0 Å². The van der Waals surface area contributed by atoms with Gasteiger partial charge in [-0.2, -0.15) is 0 Å². The second-order valence-electron chi connectivity index (χ2n) is 3.90. The Morgan fingerprint density at radius 1 is 1.06 bits per heavy atom. The molecule has 0 unspecified atom stereocenters. The van der Waals surface area contributed by atoms with E-state index in [4.69, 9.17) is 0 Å².